The number of rotatable bonds is 4. The minimum Gasteiger partial charge on any atom is -0.468 e. The summed E-state index contributed by atoms with van der Waals surface area (Å²) in [7, 11) is 1.29. The second-order valence-electron chi connectivity index (χ2n) is 5.55. The van der Waals surface area contributed by atoms with Crippen LogP contribution >= 0.6 is 0 Å². The molecule has 1 saturated carbocycles. The van der Waals surface area contributed by atoms with Gasteiger partial charge in [-0.25, -0.2) is 0 Å². The minimum atomic E-state index is -1.28. The topological polar surface area (TPSA) is 67.2 Å². The number of aldehydes is 1. The highest BCUT2D eigenvalue weighted by Gasteiger charge is 2.59. The van der Waals surface area contributed by atoms with Crippen LogP contribution in [0.4, 0.5) is 0 Å². The van der Waals surface area contributed by atoms with E-state index in [0.29, 0.717) is 6.42 Å². The fourth-order valence-electron chi connectivity index (χ4n) is 3.60. The Hall–Kier alpha value is -2.15. The number of nitrogens with zero attached hydrogens (tertiary/aromatic N) is 1. The van der Waals surface area contributed by atoms with Crippen molar-refractivity contribution in [3.63, 3.8) is 0 Å². The molecule has 0 aliphatic heterocycles. The molecule has 0 aromatic heterocycles. The van der Waals surface area contributed by atoms with E-state index in [1.54, 1.807) is 0 Å². The van der Waals surface area contributed by atoms with Crippen molar-refractivity contribution < 1.29 is 14.3 Å². The summed E-state index contributed by atoms with van der Waals surface area (Å²) in [6.45, 7) is 1.98. The summed E-state index contributed by atoms with van der Waals surface area (Å²) in [5.41, 5.74) is -0.431. The molecule has 0 saturated heterocycles. The molecule has 1 aliphatic rings. The molecule has 4 nitrogen and oxygen atoms in total. The van der Waals surface area contributed by atoms with E-state index in [0.717, 1.165) is 18.3 Å². The highest BCUT2D eigenvalue weighted by Crippen LogP contribution is 2.56. The molecule has 1 fully saturated rings. The number of hydrogen-bond acceptors (Lipinski definition) is 4. The van der Waals surface area contributed by atoms with E-state index in [1.165, 1.54) is 7.11 Å². The van der Waals surface area contributed by atoms with Gasteiger partial charge in [-0.3, -0.25) is 4.79 Å². The van der Waals surface area contributed by atoms with Crippen LogP contribution in [0.3, 0.4) is 0 Å². The van der Waals surface area contributed by atoms with Gasteiger partial charge in [-0.15, -0.1) is 0 Å². The van der Waals surface area contributed by atoms with Crippen LogP contribution < -0.4 is 0 Å². The van der Waals surface area contributed by atoms with Gasteiger partial charge in [0.1, 0.15) is 6.29 Å². The van der Waals surface area contributed by atoms with Gasteiger partial charge >= 0.3 is 5.97 Å². The van der Waals surface area contributed by atoms with Crippen molar-refractivity contribution in [2.45, 2.75) is 25.7 Å². The summed E-state index contributed by atoms with van der Waals surface area (Å²) in [6, 6.07) is 11.5. The van der Waals surface area contributed by atoms with E-state index in [2.05, 4.69) is 6.07 Å². The number of methoxy groups -OCH3 is 1. The number of carbonyl (C=O) groups excluding carboxylic acids is 2. The first kappa shape index (κ1) is 15.2. The molecule has 0 spiro atoms. The Morgan fingerprint density at radius 2 is 2.14 bits per heavy atom. The summed E-state index contributed by atoms with van der Waals surface area (Å²) in [5, 5.41) is 9.71. The standard InChI is InChI=1S/C17H19NO3/c1-3-12-9-17(11-18,16(20)21-2)15(14(12)10-19)13-7-5-4-6-8-13/h4-8,10,12,14-15H,3,9H2,1-2H3/t12-,14+,15-,17+/m0/s1. The second kappa shape index (κ2) is 6.09. The summed E-state index contributed by atoms with van der Waals surface area (Å²) >= 11 is 0. The van der Waals surface area contributed by atoms with E-state index < -0.39 is 17.3 Å². The summed E-state index contributed by atoms with van der Waals surface area (Å²) in [6.07, 6.45) is 2.02. The number of nitriles is 1. The zero-order chi connectivity index (χ0) is 15.5. The molecule has 1 aromatic carbocycles. The van der Waals surface area contributed by atoms with Crippen molar-refractivity contribution in [2.75, 3.05) is 7.11 Å². The maximum atomic E-state index is 12.3. The fourth-order valence-corrected chi connectivity index (χ4v) is 3.60. The van der Waals surface area contributed by atoms with E-state index >= 15 is 0 Å². The smallest absolute Gasteiger partial charge is 0.326 e. The monoisotopic (exact) mass is 285 g/mol. The molecule has 21 heavy (non-hydrogen) atoms. The third kappa shape index (κ3) is 2.33. The number of benzene rings is 1. The van der Waals surface area contributed by atoms with Crippen LogP contribution in [0.25, 0.3) is 0 Å². The van der Waals surface area contributed by atoms with E-state index in [1.807, 2.05) is 37.3 Å². The van der Waals surface area contributed by atoms with Crippen molar-refractivity contribution in [3.05, 3.63) is 35.9 Å². The molecule has 4 atom stereocenters. The maximum Gasteiger partial charge on any atom is 0.326 e. The molecule has 1 aromatic rings. The van der Waals surface area contributed by atoms with Crippen LogP contribution in [0, 0.1) is 28.6 Å². The normalized spacial score (nSPS) is 31.4. The van der Waals surface area contributed by atoms with Gasteiger partial charge in [0.05, 0.1) is 13.2 Å². The quantitative estimate of drug-likeness (QED) is 0.630. The lowest BCUT2D eigenvalue weighted by atomic mass is 9.73. The van der Waals surface area contributed by atoms with Crippen molar-refractivity contribution in [1.29, 1.82) is 5.26 Å². The molecule has 1 aliphatic carbocycles. The van der Waals surface area contributed by atoms with Crippen molar-refractivity contribution in [2.24, 2.45) is 17.3 Å². The van der Waals surface area contributed by atoms with E-state index in [4.69, 9.17) is 4.74 Å². The SMILES string of the molecule is CC[C@H]1C[C@](C#N)(C(=O)OC)[C@@H](c2ccccc2)[C@@H]1C=O. The van der Waals surface area contributed by atoms with Crippen LogP contribution in [0.5, 0.6) is 0 Å². The average Bonchev–Trinajstić information content (AvgIpc) is 2.89. The van der Waals surface area contributed by atoms with Crippen molar-refractivity contribution in [1.82, 2.24) is 0 Å². The summed E-state index contributed by atoms with van der Waals surface area (Å²) < 4.78 is 4.89. The summed E-state index contributed by atoms with van der Waals surface area (Å²) in [4.78, 5) is 23.9. The Kier molecular flexibility index (Phi) is 4.42. The van der Waals surface area contributed by atoms with E-state index in [9.17, 15) is 14.9 Å². The highest BCUT2D eigenvalue weighted by molar-refractivity contribution is 5.83. The van der Waals surface area contributed by atoms with Crippen molar-refractivity contribution in [3.8, 4) is 6.07 Å². The van der Waals surface area contributed by atoms with Crippen LogP contribution in [0.2, 0.25) is 0 Å². The number of ether oxygens (including phenoxy) is 1. The molecule has 0 unspecified atom stereocenters. The molecule has 0 N–H and O–H groups in total. The minimum absolute atomic E-state index is 0.0199. The maximum absolute atomic E-state index is 12.3. The Bertz CT molecular complexity index is 563. The first-order chi connectivity index (χ1) is 10.1. The molecule has 2 rings (SSSR count). The predicted octanol–water partition coefficient (Wildman–Crippen LogP) is 2.70. The zero-order valence-corrected chi connectivity index (χ0v) is 12.3. The Labute approximate surface area is 124 Å². The van der Waals surface area contributed by atoms with Gasteiger partial charge in [0.2, 0.25) is 0 Å². The van der Waals surface area contributed by atoms with Crippen LogP contribution in [-0.2, 0) is 14.3 Å². The molecule has 0 amide bonds. The van der Waals surface area contributed by atoms with Gasteiger partial charge in [-0.2, -0.15) is 5.26 Å². The second-order valence-corrected chi connectivity index (χ2v) is 5.55. The Morgan fingerprint density at radius 3 is 2.62 bits per heavy atom. The van der Waals surface area contributed by atoms with Crippen LogP contribution in [-0.4, -0.2) is 19.4 Å². The molecule has 0 radical (unpaired) electrons. The molecular formula is C17H19NO3. The van der Waals surface area contributed by atoms with Gasteiger partial charge in [0.25, 0.3) is 0 Å². The van der Waals surface area contributed by atoms with E-state index in [-0.39, 0.29) is 11.8 Å². The molecule has 4 heteroatoms. The average molecular weight is 285 g/mol. The van der Waals surface area contributed by atoms with Gasteiger partial charge in [0, 0.05) is 11.8 Å². The Balaban J connectivity index is 2.59. The van der Waals surface area contributed by atoms with Gasteiger partial charge in [-0.1, -0.05) is 43.7 Å². The van der Waals surface area contributed by atoms with Crippen LogP contribution in [0.1, 0.15) is 31.2 Å². The molecule has 110 valence electrons. The molecular weight excluding hydrogens is 266 g/mol. The summed E-state index contributed by atoms with van der Waals surface area (Å²) in [5.74, 6) is -1.30. The van der Waals surface area contributed by atoms with Gasteiger partial charge in [0.15, 0.2) is 5.41 Å². The Morgan fingerprint density at radius 1 is 1.48 bits per heavy atom. The zero-order valence-electron chi connectivity index (χ0n) is 12.3. The first-order valence-corrected chi connectivity index (χ1v) is 7.14. The lowest BCUT2D eigenvalue weighted by molar-refractivity contribution is -0.150. The lowest BCUT2D eigenvalue weighted by Crippen LogP contribution is -2.35. The molecule has 0 heterocycles. The largest absolute Gasteiger partial charge is 0.468 e. The van der Waals surface area contributed by atoms with Gasteiger partial charge < -0.3 is 9.53 Å². The highest BCUT2D eigenvalue weighted by atomic mass is 16.5. The number of esters is 1. The third-order valence-corrected chi connectivity index (χ3v) is 4.63. The van der Waals surface area contributed by atoms with Gasteiger partial charge in [-0.05, 0) is 17.9 Å². The first-order valence-electron chi connectivity index (χ1n) is 7.14. The number of carbonyl (C=O) groups is 2. The predicted molar refractivity (Wildman–Crippen MR) is 77.2 cm³/mol. The number of hydrogen-bond donors (Lipinski definition) is 0. The lowest BCUT2D eigenvalue weighted by Gasteiger charge is -2.28. The molecule has 0 bridgehead atoms. The fraction of sp³-hybridized carbons (Fsp3) is 0.471. The van der Waals surface area contributed by atoms with Crippen LogP contribution in [0.15, 0.2) is 30.3 Å². The van der Waals surface area contributed by atoms with Crippen molar-refractivity contribution >= 4 is 12.3 Å². The third-order valence-electron chi connectivity index (χ3n) is 4.63.